The van der Waals surface area contributed by atoms with Crippen molar-refractivity contribution in [1.82, 2.24) is 34.7 Å². The number of aromatic amines is 2. The van der Waals surface area contributed by atoms with Gasteiger partial charge in [-0.2, -0.15) is 5.10 Å². The number of hydrogen-bond acceptors (Lipinski definition) is 6. The Kier molecular flexibility index (Phi) is 4.65. The van der Waals surface area contributed by atoms with E-state index in [0.29, 0.717) is 29.6 Å². The highest BCUT2D eigenvalue weighted by atomic mass is 16.5. The molecule has 0 saturated carbocycles. The van der Waals surface area contributed by atoms with E-state index in [2.05, 4.69) is 25.1 Å². The van der Waals surface area contributed by atoms with Gasteiger partial charge in [0.2, 0.25) is 0 Å². The number of aryl methyl sites for hydroxylation is 1. The molecule has 1 aliphatic rings. The Labute approximate surface area is 166 Å². The summed E-state index contributed by atoms with van der Waals surface area (Å²) in [5, 5.41) is 6.72. The van der Waals surface area contributed by atoms with E-state index in [0.717, 1.165) is 49.3 Å². The summed E-state index contributed by atoms with van der Waals surface area (Å²) < 4.78 is 7.12. The second-order valence-electron chi connectivity index (χ2n) is 7.27. The second-order valence-corrected chi connectivity index (χ2v) is 7.27. The number of fused-ring (bicyclic) bond motifs is 1. The third-order valence-corrected chi connectivity index (χ3v) is 5.45. The van der Waals surface area contributed by atoms with Gasteiger partial charge in [-0.15, -0.1) is 0 Å². The molecule has 4 aromatic rings. The molecule has 3 aromatic heterocycles. The molecule has 5 rings (SSSR count). The molecule has 0 atom stereocenters. The van der Waals surface area contributed by atoms with E-state index in [-0.39, 0.29) is 5.69 Å². The zero-order valence-corrected chi connectivity index (χ0v) is 15.8. The van der Waals surface area contributed by atoms with Crippen LogP contribution in [-0.2, 0) is 11.3 Å². The molecule has 0 radical (unpaired) electrons. The molecule has 0 aliphatic carbocycles. The molecule has 1 aliphatic heterocycles. The highest BCUT2D eigenvalue weighted by Crippen LogP contribution is 2.23. The number of aromatic nitrogens is 7. The summed E-state index contributed by atoms with van der Waals surface area (Å²) in [5.41, 5.74) is 3.54. The predicted molar refractivity (Wildman–Crippen MR) is 107 cm³/mol. The number of benzene rings is 1. The minimum atomic E-state index is -0.162. The number of hydrogen-bond donors (Lipinski definition) is 2. The summed E-state index contributed by atoms with van der Waals surface area (Å²) in [5.74, 6) is 1.30. The van der Waals surface area contributed by atoms with E-state index in [4.69, 9.17) is 9.72 Å². The molecule has 1 aromatic carbocycles. The van der Waals surface area contributed by atoms with Gasteiger partial charge in [0.25, 0.3) is 0 Å². The Morgan fingerprint density at radius 3 is 2.66 bits per heavy atom. The monoisotopic (exact) mass is 391 g/mol. The van der Waals surface area contributed by atoms with Crippen LogP contribution in [0.1, 0.15) is 19.3 Å². The zero-order valence-electron chi connectivity index (χ0n) is 15.8. The summed E-state index contributed by atoms with van der Waals surface area (Å²) in [6.07, 6.45) is 6.20. The van der Waals surface area contributed by atoms with Gasteiger partial charge in [-0.3, -0.25) is 14.6 Å². The Bertz CT molecular complexity index is 1160. The highest BCUT2D eigenvalue weighted by Gasteiger charge is 2.16. The number of imidazole rings is 1. The van der Waals surface area contributed by atoms with Crippen molar-refractivity contribution in [3.63, 3.8) is 0 Å². The average Bonchev–Trinajstić information content (AvgIpc) is 3.40. The summed E-state index contributed by atoms with van der Waals surface area (Å²) >= 11 is 0. The summed E-state index contributed by atoms with van der Waals surface area (Å²) in [7, 11) is 0. The Hall–Kier alpha value is -3.33. The molecule has 9 heteroatoms. The van der Waals surface area contributed by atoms with Crippen molar-refractivity contribution in [2.75, 3.05) is 13.2 Å². The van der Waals surface area contributed by atoms with Gasteiger partial charge in [-0.25, -0.2) is 19.7 Å². The minimum absolute atomic E-state index is 0.162. The molecule has 0 amide bonds. The van der Waals surface area contributed by atoms with E-state index in [9.17, 15) is 4.79 Å². The van der Waals surface area contributed by atoms with Crippen LogP contribution < -0.4 is 5.69 Å². The lowest BCUT2D eigenvalue weighted by Gasteiger charge is -2.21. The van der Waals surface area contributed by atoms with Gasteiger partial charge in [0.05, 0.1) is 11.9 Å². The first kappa shape index (κ1) is 17.7. The summed E-state index contributed by atoms with van der Waals surface area (Å²) in [6.45, 7) is 2.25. The average molecular weight is 391 g/mol. The van der Waals surface area contributed by atoms with E-state index in [1.54, 1.807) is 10.8 Å². The topological polar surface area (TPSA) is 114 Å². The van der Waals surface area contributed by atoms with Crippen molar-refractivity contribution in [3.8, 4) is 22.6 Å². The third-order valence-electron chi connectivity index (χ3n) is 5.45. The normalized spacial score (nSPS) is 15.2. The Morgan fingerprint density at radius 1 is 1.10 bits per heavy atom. The van der Waals surface area contributed by atoms with Crippen LogP contribution in [0.4, 0.5) is 0 Å². The summed E-state index contributed by atoms with van der Waals surface area (Å²) in [4.78, 5) is 28.5. The lowest BCUT2D eigenvalue weighted by atomic mass is 9.97. The highest BCUT2D eigenvalue weighted by molar-refractivity contribution is 5.72. The van der Waals surface area contributed by atoms with Crippen LogP contribution in [0.15, 0.2) is 41.6 Å². The van der Waals surface area contributed by atoms with Crippen molar-refractivity contribution < 1.29 is 4.74 Å². The first-order valence-corrected chi connectivity index (χ1v) is 9.77. The fourth-order valence-corrected chi connectivity index (χ4v) is 3.76. The molecule has 1 fully saturated rings. The van der Waals surface area contributed by atoms with E-state index in [1.807, 2.05) is 24.3 Å². The van der Waals surface area contributed by atoms with E-state index >= 15 is 0 Å². The first-order valence-electron chi connectivity index (χ1n) is 9.77. The molecule has 0 bridgehead atoms. The number of H-pyrrole nitrogens is 2. The van der Waals surface area contributed by atoms with Gasteiger partial charge in [0, 0.05) is 30.9 Å². The number of nitrogens with zero attached hydrogens (tertiary/aromatic N) is 5. The molecule has 29 heavy (non-hydrogen) atoms. The van der Waals surface area contributed by atoms with Gasteiger partial charge >= 0.3 is 5.69 Å². The molecular weight excluding hydrogens is 370 g/mol. The first-order chi connectivity index (χ1) is 14.3. The molecule has 0 unspecified atom stereocenters. The maximum atomic E-state index is 12.4. The number of nitrogens with one attached hydrogen (secondary N) is 2. The van der Waals surface area contributed by atoms with Crippen LogP contribution in [0.5, 0.6) is 0 Å². The summed E-state index contributed by atoms with van der Waals surface area (Å²) in [6, 6.07) is 7.84. The van der Waals surface area contributed by atoms with Crippen LogP contribution in [0, 0.1) is 5.92 Å². The van der Waals surface area contributed by atoms with E-state index in [1.165, 1.54) is 6.33 Å². The SMILES string of the molecule is O=c1[nH]c2ncc(-c3ccc(-c4ncn[nH]4)cc3)nc2n1CCC1CCOCC1. The molecule has 148 valence electrons. The van der Waals surface area contributed by atoms with Crippen molar-refractivity contribution in [2.24, 2.45) is 5.92 Å². The van der Waals surface area contributed by atoms with Gasteiger partial charge in [0.15, 0.2) is 17.1 Å². The van der Waals surface area contributed by atoms with Crippen molar-refractivity contribution >= 4 is 11.3 Å². The van der Waals surface area contributed by atoms with Gasteiger partial charge in [-0.05, 0) is 25.2 Å². The van der Waals surface area contributed by atoms with Crippen LogP contribution in [-0.4, -0.2) is 47.9 Å². The molecule has 9 nitrogen and oxygen atoms in total. The zero-order chi connectivity index (χ0) is 19.6. The largest absolute Gasteiger partial charge is 0.381 e. The standard InChI is InChI=1S/C20H21N7O2/c28-20-25-18-19(27(20)8-5-13-6-9-29-10-7-13)24-16(11-21-18)14-1-3-15(4-2-14)17-22-12-23-26-17/h1-4,11-13H,5-10H2,(H,21,25,28)(H,22,23,26). The lowest BCUT2D eigenvalue weighted by Crippen LogP contribution is -2.22. The quantitative estimate of drug-likeness (QED) is 0.540. The second kappa shape index (κ2) is 7.59. The molecule has 2 N–H and O–H groups in total. The maximum absolute atomic E-state index is 12.4. The van der Waals surface area contributed by atoms with Crippen LogP contribution >= 0.6 is 0 Å². The van der Waals surface area contributed by atoms with Crippen molar-refractivity contribution in [2.45, 2.75) is 25.8 Å². The van der Waals surface area contributed by atoms with Gasteiger partial charge in [-0.1, -0.05) is 24.3 Å². The van der Waals surface area contributed by atoms with Crippen molar-refractivity contribution in [1.29, 1.82) is 0 Å². The van der Waals surface area contributed by atoms with Gasteiger partial charge in [0.1, 0.15) is 6.33 Å². The third kappa shape index (κ3) is 3.56. The van der Waals surface area contributed by atoms with Crippen LogP contribution in [0.2, 0.25) is 0 Å². The maximum Gasteiger partial charge on any atom is 0.328 e. The van der Waals surface area contributed by atoms with Crippen LogP contribution in [0.3, 0.4) is 0 Å². The van der Waals surface area contributed by atoms with Crippen molar-refractivity contribution in [3.05, 3.63) is 47.3 Å². The lowest BCUT2D eigenvalue weighted by molar-refractivity contribution is 0.0626. The number of ether oxygens (including phenoxy) is 1. The fraction of sp³-hybridized carbons (Fsp3) is 0.350. The number of rotatable bonds is 5. The Balaban J connectivity index is 1.42. The molecule has 4 heterocycles. The smallest absolute Gasteiger partial charge is 0.328 e. The molecule has 0 spiro atoms. The molecular formula is C20H21N7O2. The van der Waals surface area contributed by atoms with Gasteiger partial charge < -0.3 is 4.74 Å². The van der Waals surface area contributed by atoms with Crippen LogP contribution in [0.25, 0.3) is 33.9 Å². The Morgan fingerprint density at radius 2 is 1.90 bits per heavy atom. The fourth-order valence-electron chi connectivity index (χ4n) is 3.76. The predicted octanol–water partition coefficient (Wildman–Crippen LogP) is 2.39. The van der Waals surface area contributed by atoms with E-state index < -0.39 is 0 Å². The minimum Gasteiger partial charge on any atom is -0.381 e. The molecule has 1 saturated heterocycles.